The Kier molecular flexibility index (Phi) is 4.97. The summed E-state index contributed by atoms with van der Waals surface area (Å²) in [5.41, 5.74) is 0.578. The van der Waals surface area contributed by atoms with Crippen molar-refractivity contribution in [2.24, 2.45) is 0 Å². The average molecular weight is 401 g/mol. The number of aromatic amines is 1. The Hall–Kier alpha value is -2.62. The number of rotatable bonds is 6. The molecule has 0 aliphatic rings. The number of para-hydroxylation sites is 1. The Morgan fingerprint density at radius 3 is 2.93 bits per heavy atom. The third-order valence-electron chi connectivity index (χ3n) is 4.29. The molecule has 1 aromatic carbocycles. The quantitative estimate of drug-likeness (QED) is 0.485. The normalized spacial score (nSPS) is 12.5. The molecule has 3 heterocycles. The molecular formula is C18H18N5O2S2+. The first-order chi connectivity index (χ1) is 13.1. The first-order valence-electron chi connectivity index (χ1n) is 8.57. The van der Waals surface area contributed by atoms with E-state index in [1.807, 2.05) is 35.7 Å². The number of hydrogen-bond acceptors (Lipinski definition) is 6. The van der Waals surface area contributed by atoms with Crippen LogP contribution in [-0.4, -0.2) is 26.3 Å². The minimum absolute atomic E-state index is 0.121. The number of nitrogens with zero attached hydrogens (tertiary/aromatic N) is 3. The van der Waals surface area contributed by atoms with Gasteiger partial charge in [0.15, 0.2) is 12.5 Å². The van der Waals surface area contributed by atoms with E-state index in [0.717, 1.165) is 16.3 Å². The van der Waals surface area contributed by atoms with E-state index in [-0.39, 0.29) is 5.56 Å². The molecule has 0 bridgehead atoms. The number of benzene rings is 1. The Morgan fingerprint density at radius 2 is 2.15 bits per heavy atom. The molecule has 1 unspecified atom stereocenters. The van der Waals surface area contributed by atoms with Gasteiger partial charge in [-0.2, -0.15) is 4.68 Å². The fourth-order valence-corrected chi connectivity index (χ4v) is 3.69. The van der Waals surface area contributed by atoms with E-state index >= 15 is 0 Å². The monoisotopic (exact) mass is 400 g/mol. The topological polar surface area (TPSA) is 81.2 Å². The minimum atomic E-state index is -0.121. The van der Waals surface area contributed by atoms with Crippen LogP contribution in [0.15, 0.2) is 51.0 Å². The molecule has 0 fully saturated rings. The number of hydrogen-bond donors (Lipinski definition) is 2. The predicted octanol–water partition coefficient (Wildman–Crippen LogP) is 2.23. The van der Waals surface area contributed by atoms with Crippen molar-refractivity contribution in [2.75, 3.05) is 6.54 Å². The molecule has 0 saturated carbocycles. The standard InChI is InChI=1S/C18H17N5O2S2/c1-2-22(10-15-19-13-7-4-3-6-12(13)16(24)20-15)11-23-18(26)25-17(21-23)14-8-5-9-27-14/h3-9H,2,10-11H2,1H3,(H,19,20,24)/p+1. The molecule has 3 aromatic heterocycles. The van der Waals surface area contributed by atoms with Gasteiger partial charge in [0, 0.05) is 0 Å². The lowest BCUT2D eigenvalue weighted by Crippen LogP contribution is -3.09. The largest absolute Gasteiger partial charge is 0.408 e. The van der Waals surface area contributed by atoms with Crippen molar-refractivity contribution in [1.29, 1.82) is 0 Å². The van der Waals surface area contributed by atoms with Gasteiger partial charge in [-0.1, -0.05) is 18.2 Å². The zero-order valence-corrected chi connectivity index (χ0v) is 16.3. The summed E-state index contributed by atoms with van der Waals surface area (Å²) in [4.78, 5) is 22.2. The van der Waals surface area contributed by atoms with Gasteiger partial charge >= 0.3 is 0 Å². The van der Waals surface area contributed by atoms with Gasteiger partial charge in [-0.05, 0) is 42.7 Å². The molecule has 0 saturated heterocycles. The van der Waals surface area contributed by atoms with Crippen LogP contribution >= 0.6 is 23.6 Å². The second-order valence-corrected chi connectivity index (χ2v) is 7.42. The van der Waals surface area contributed by atoms with Gasteiger partial charge in [0.05, 0.1) is 22.3 Å². The van der Waals surface area contributed by atoms with Crippen LogP contribution in [-0.2, 0) is 13.2 Å². The van der Waals surface area contributed by atoms with Crippen LogP contribution in [0.1, 0.15) is 12.7 Å². The Bertz CT molecular complexity index is 1180. The van der Waals surface area contributed by atoms with Crippen molar-refractivity contribution >= 4 is 34.5 Å². The van der Waals surface area contributed by atoms with Gasteiger partial charge in [0.25, 0.3) is 16.3 Å². The minimum Gasteiger partial charge on any atom is -0.408 e. The predicted molar refractivity (Wildman–Crippen MR) is 106 cm³/mol. The van der Waals surface area contributed by atoms with Crippen molar-refractivity contribution in [1.82, 2.24) is 19.7 Å². The molecule has 4 aromatic rings. The Labute approximate surface area is 163 Å². The van der Waals surface area contributed by atoms with Gasteiger partial charge in [-0.3, -0.25) is 4.79 Å². The van der Waals surface area contributed by atoms with Gasteiger partial charge in [0.1, 0.15) is 6.54 Å². The number of quaternary nitrogens is 1. The third kappa shape index (κ3) is 3.75. The molecule has 9 heteroatoms. The molecular weight excluding hydrogens is 382 g/mol. The van der Waals surface area contributed by atoms with Crippen LogP contribution in [0.3, 0.4) is 0 Å². The van der Waals surface area contributed by atoms with Crippen LogP contribution in [0.25, 0.3) is 21.7 Å². The van der Waals surface area contributed by atoms with Crippen molar-refractivity contribution in [3.63, 3.8) is 0 Å². The zero-order valence-electron chi connectivity index (χ0n) is 14.6. The zero-order chi connectivity index (χ0) is 18.8. The highest BCUT2D eigenvalue weighted by atomic mass is 32.1. The molecule has 4 rings (SSSR count). The summed E-state index contributed by atoms with van der Waals surface area (Å²) < 4.78 is 7.30. The number of fused-ring (bicyclic) bond motifs is 1. The highest BCUT2D eigenvalue weighted by Gasteiger charge is 2.16. The second kappa shape index (κ2) is 7.55. The maximum atomic E-state index is 12.3. The molecule has 0 amide bonds. The molecule has 0 spiro atoms. The van der Waals surface area contributed by atoms with Gasteiger partial charge in [0.2, 0.25) is 0 Å². The SMILES string of the molecule is CC[NH+](Cc1nc2ccccc2c(=O)[nH]1)Cn1nc(-c2cccs2)oc1=S. The van der Waals surface area contributed by atoms with Crippen LogP contribution in [0.5, 0.6) is 0 Å². The van der Waals surface area contributed by atoms with E-state index in [1.165, 1.54) is 0 Å². The average Bonchev–Trinajstić information content (AvgIpc) is 3.31. The van der Waals surface area contributed by atoms with E-state index in [4.69, 9.17) is 16.6 Å². The molecule has 138 valence electrons. The highest BCUT2D eigenvalue weighted by Crippen LogP contribution is 2.22. The maximum absolute atomic E-state index is 12.3. The first-order valence-corrected chi connectivity index (χ1v) is 9.86. The van der Waals surface area contributed by atoms with E-state index in [1.54, 1.807) is 22.1 Å². The van der Waals surface area contributed by atoms with Gasteiger partial charge < -0.3 is 14.3 Å². The van der Waals surface area contributed by atoms with Crippen LogP contribution in [0.4, 0.5) is 0 Å². The number of H-pyrrole nitrogens is 1. The highest BCUT2D eigenvalue weighted by molar-refractivity contribution is 7.71. The molecule has 0 radical (unpaired) electrons. The first kappa shape index (κ1) is 17.8. The summed E-state index contributed by atoms with van der Waals surface area (Å²) in [6, 6.07) is 11.2. The van der Waals surface area contributed by atoms with Gasteiger partial charge in [-0.15, -0.1) is 16.4 Å². The fraction of sp³-hybridized carbons (Fsp3) is 0.222. The third-order valence-corrected chi connectivity index (χ3v) is 5.44. The van der Waals surface area contributed by atoms with E-state index < -0.39 is 0 Å². The second-order valence-electron chi connectivity index (χ2n) is 6.12. The molecule has 27 heavy (non-hydrogen) atoms. The van der Waals surface area contributed by atoms with Crippen LogP contribution in [0.2, 0.25) is 0 Å². The Balaban J connectivity index is 1.57. The number of nitrogens with one attached hydrogen (secondary N) is 2. The smallest absolute Gasteiger partial charge is 0.292 e. The lowest BCUT2D eigenvalue weighted by Gasteiger charge is -2.16. The lowest BCUT2D eigenvalue weighted by molar-refractivity contribution is -0.936. The van der Waals surface area contributed by atoms with Crippen molar-refractivity contribution in [2.45, 2.75) is 20.1 Å². The summed E-state index contributed by atoms with van der Waals surface area (Å²) in [5, 5.41) is 7.06. The summed E-state index contributed by atoms with van der Waals surface area (Å²) >= 11 is 6.87. The summed E-state index contributed by atoms with van der Waals surface area (Å²) in [5.74, 6) is 1.17. The van der Waals surface area contributed by atoms with E-state index in [0.29, 0.717) is 40.7 Å². The number of thiophene rings is 1. The molecule has 2 N–H and O–H groups in total. The van der Waals surface area contributed by atoms with Crippen LogP contribution in [0, 0.1) is 4.84 Å². The van der Waals surface area contributed by atoms with E-state index in [2.05, 4.69) is 22.0 Å². The summed E-state index contributed by atoms with van der Waals surface area (Å²) in [6.07, 6.45) is 0. The molecule has 0 aliphatic carbocycles. The van der Waals surface area contributed by atoms with Crippen molar-refractivity contribution in [3.05, 3.63) is 62.8 Å². The van der Waals surface area contributed by atoms with E-state index in [9.17, 15) is 4.79 Å². The fourth-order valence-electron chi connectivity index (χ4n) is 2.87. The lowest BCUT2D eigenvalue weighted by atomic mass is 10.2. The maximum Gasteiger partial charge on any atom is 0.292 e. The van der Waals surface area contributed by atoms with Crippen molar-refractivity contribution < 1.29 is 9.32 Å². The molecule has 1 atom stereocenters. The van der Waals surface area contributed by atoms with Gasteiger partial charge in [-0.25, -0.2) is 4.98 Å². The van der Waals surface area contributed by atoms with Crippen molar-refractivity contribution in [3.8, 4) is 10.8 Å². The molecule has 7 nitrogen and oxygen atoms in total. The number of aromatic nitrogens is 4. The van der Waals surface area contributed by atoms with Crippen LogP contribution < -0.4 is 10.5 Å². The summed E-state index contributed by atoms with van der Waals surface area (Å²) in [6.45, 7) is 3.97. The molecule has 0 aliphatic heterocycles. The Morgan fingerprint density at radius 1 is 1.30 bits per heavy atom. The summed E-state index contributed by atoms with van der Waals surface area (Å²) in [7, 11) is 0.